The normalized spacial score (nSPS) is 22.9. The molecule has 2 aliphatic heterocycles. The number of methoxy groups -OCH3 is 1. The van der Waals surface area contributed by atoms with Crippen molar-refractivity contribution in [2.45, 2.75) is 90.9 Å². The summed E-state index contributed by atoms with van der Waals surface area (Å²) in [5.41, 5.74) is 0.484. The molecule has 9 heteroatoms. The molecule has 9 nitrogen and oxygen atoms in total. The molecule has 0 aliphatic carbocycles. The van der Waals surface area contributed by atoms with E-state index in [0.29, 0.717) is 18.5 Å². The molecule has 2 rings (SSSR count). The maximum Gasteiger partial charge on any atom is 0.328 e. The van der Waals surface area contributed by atoms with Crippen LogP contribution in [0.25, 0.3) is 0 Å². The van der Waals surface area contributed by atoms with Crippen molar-refractivity contribution in [2.75, 3.05) is 34.3 Å². The number of amides is 3. The first-order chi connectivity index (χ1) is 16.9. The number of likely N-dealkylation sites (tertiary alicyclic amines) is 2. The monoisotopic (exact) mass is 506 g/mol. The molecule has 0 bridgehead atoms. The zero-order chi connectivity index (χ0) is 27.2. The zero-order valence-electron chi connectivity index (χ0n) is 23.4. The van der Waals surface area contributed by atoms with E-state index in [1.165, 1.54) is 7.11 Å². The van der Waals surface area contributed by atoms with Crippen LogP contribution in [0.1, 0.15) is 66.7 Å². The van der Waals surface area contributed by atoms with Crippen molar-refractivity contribution in [3.05, 3.63) is 11.6 Å². The molecule has 2 aliphatic rings. The van der Waals surface area contributed by atoms with Crippen molar-refractivity contribution >= 4 is 23.7 Å². The number of hydrogen-bond acceptors (Lipinski definition) is 6. The number of hydrogen-bond donors (Lipinski definition) is 1. The van der Waals surface area contributed by atoms with Crippen LogP contribution in [-0.2, 0) is 23.9 Å². The number of nitrogens with zero attached hydrogens (tertiary/aromatic N) is 3. The van der Waals surface area contributed by atoms with Crippen molar-refractivity contribution in [2.24, 2.45) is 11.8 Å². The third kappa shape index (κ3) is 7.08. The van der Waals surface area contributed by atoms with Gasteiger partial charge in [0.15, 0.2) is 0 Å². The first-order valence-corrected chi connectivity index (χ1v) is 13.2. The van der Waals surface area contributed by atoms with Gasteiger partial charge in [-0.15, -0.1) is 0 Å². The minimum atomic E-state index is -0.661. The summed E-state index contributed by atoms with van der Waals surface area (Å²) in [6, 6.07) is -1.80. The number of rotatable bonds is 9. The van der Waals surface area contributed by atoms with E-state index < -0.39 is 18.1 Å². The van der Waals surface area contributed by atoms with Gasteiger partial charge >= 0.3 is 5.97 Å². The highest BCUT2D eigenvalue weighted by Crippen LogP contribution is 2.23. The molecule has 2 unspecified atom stereocenters. The second-order valence-electron chi connectivity index (χ2n) is 10.9. The maximum absolute atomic E-state index is 13.6. The number of nitrogens with one attached hydrogen (secondary N) is 1. The lowest BCUT2D eigenvalue weighted by atomic mass is 9.96. The van der Waals surface area contributed by atoms with Crippen LogP contribution >= 0.6 is 0 Å². The summed E-state index contributed by atoms with van der Waals surface area (Å²) in [5.74, 6) is -0.972. The minimum absolute atomic E-state index is 0.0321. The Balaban J connectivity index is 2.19. The molecule has 2 saturated heterocycles. The Kier molecular flexibility index (Phi) is 10.9. The van der Waals surface area contributed by atoms with Gasteiger partial charge in [-0.25, -0.2) is 4.79 Å². The van der Waals surface area contributed by atoms with Gasteiger partial charge < -0.3 is 19.9 Å². The third-order valence-electron chi connectivity index (χ3n) is 7.53. The van der Waals surface area contributed by atoms with Gasteiger partial charge in [-0.05, 0) is 58.0 Å². The van der Waals surface area contributed by atoms with Crippen LogP contribution in [0.3, 0.4) is 0 Å². The molecule has 0 aromatic heterocycles. The first kappa shape index (κ1) is 29.8. The fraction of sp³-hybridized carbons (Fsp3) is 0.778. The maximum atomic E-state index is 13.6. The Hall–Kier alpha value is -2.42. The molecule has 204 valence electrons. The van der Waals surface area contributed by atoms with E-state index in [1.54, 1.807) is 23.8 Å². The van der Waals surface area contributed by atoms with Crippen LogP contribution in [0.15, 0.2) is 11.6 Å². The lowest BCUT2D eigenvalue weighted by Gasteiger charge is -2.36. The fourth-order valence-corrected chi connectivity index (χ4v) is 5.23. The molecule has 2 heterocycles. The number of ether oxygens (including phenoxy) is 1. The summed E-state index contributed by atoms with van der Waals surface area (Å²) in [6.07, 6.45) is 6.02. The van der Waals surface area contributed by atoms with E-state index in [9.17, 15) is 19.2 Å². The van der Waals surface area contributed by atoms with Gasteiger partial charge in [0, 0.05) is 19.2 Å². The molecule has 0 radical (unpaired) electrons. The number of carbonyl (C=O) groups excluding carboxylic acids is 4. The summed E-state index contributed by atoms with van der Waals surface area (Å²) < 4.78 is 4.87. The number of esters is 1. The topological polar surface area (TPSA) is 99.3 Å². The van der Waals surface area contributed by atoms with Gasteiger partial charge in [-0.3, -0.25) is 19.3 Å². The fourth-order valence-electron chi connectivity index (χ4n) is 5.23. The lowest BCUT2D eigenvalue weighted by Crippen LogP contribution is -2.57. The molecule has 36 heavy (non-hydrogen) atoms. The van der Waals surface area contributed by atoms with Crippen molar-refractivity contribution in [1.82, 2.24) is 20.0 Å². The number of likely N-dealkylation sites (N-methyl/N-ethyl adjacent to an activating group) is 2. The third-order valence-corrected chi connectivity index (χ3v) is 7.53. The Morgan fingerprint density at radius 3 is 2.17 bits per heavy atom. The van der Waals surface area contributed by atoms with Gasteiger partial charge in [0.2, 0.25) is 17.7 Å². The van der Waals surface area contributed by atoms with Gasteiger partial charge in [0.05, 0.1) is 19.2 Å². The highest BCUT2D eigenvalue weighted by Gasteiger charge is 2.37. The van der Waals surface area contributed by atoms with Crippen molar-refractivity contribution < 1.29 is 23.9 Å². The highest BCUT2D eigenvalue weighted by molar-refractivity contribution is 5.96. The minimum Gasteiger partial charge on any atom is -0.467 e. The summed E-state index contributed by atoms with van der Waals surface area (Å²) in [5, 5.41) is 3.02. The van der Waals surface area contributed by atoms with Crippen molar-refractivity contribution in [1.29, 1.82) is 0 Å². The average molecular weight is 507 g/mol. The molecule has 2 fully saturated rings. The summed E-state index contributed by atoms with van der Waals surface area (Å²) in [6.45, 7) is 10.9. The van der Waals surface area contributed by atoms with Crippen molar-refractivity contribution in [3.8, 4) is 0 Å². The highest BCUT2D eigenvalue weighted by atomic mass is 16.5. The molecule has 3 amide bonds. The van der Waals surface area contributed by atoms with Crippen LogP contribution < -0.4 is 5.32 Å². The van der Waals surface area contributed by atoms with E-state index >= 15 is 0 Å². The average Bonchev–Trinajstić information content (AvgIpc) is 3.33. The largest absolute Gasteiger partial charge is 0.467 e. The van der Waals surface area contributed by atoms with Gasteiger partial charge in [0.1, 0.15) is 12.1 Å². The second kappa shape index (κ2) is 13.2. The molecule has 0 saturated carbocycles. The Morgan fingerprint density at radius 1 is 0.972 bits per heavy atom. The van der Waals surface area contributed by atoms with Crippen LogP contribution in [0.4, 0.5) is 0 Å². The van der Waals surface area contributed by atoms with E-state index in [2.05, 4.69) is 10.2 Å². The van der Waals surface area contributed by atoms with Crippen molar-refractivity contribution in [3.63, 3.8) is 0 Å². The van der Waals surface area contributed by atoms with Crippen LogP contribution in [-0.4, -0.2) is 96.9 Å². The molecular weight excluding hydrogens is 460 g/mol. The van der Waals surface area contributed by atoms with Gasteiger partial charge in [-0.1, -0.05) is 40.2 Å². The van der Waals surface area contributed by atoms with E-state index in [1.807, 2.05) is 40.8 Å². The quantitative estimate of drug-likeness (QED) is 0.380. The van der Waals surface area contributed by atoms with E-state index in [-0.39, 0.29) is 41.6 Å². The summed E-state index contributed by atoms with van der Waals surface area (Å²) >= 11 is 0. The van der Waals surface area contributed by atoms with Crippen LogP contribution in [0.2, 0.25) is 0 Å². The SMILES string of the molecule is COC(=O)[C@@H]1CCCN1C(=O)/C(C)=C/[C@H](C(C)C)N(C)C(=O)C(NC(=O)C1CCCCN1C)C(C)C. The predicted octanol–water partition coefficient (Wildman–Crippen LogP) is 2.20. The van der Waals surface area contributed by atoms with E-state index in [4.69, 9.17) is 4.74 Å². The number of carbonyl (C=O) groups is 4. The zero-order valence-corrected chi connectivity index (χ0v) is 23.4. The second-order valence-corrected chi connectivity index (χ2v) is 10.9. The molecule has 0 aromatic rings. The van der Waals surface area contributed by atoms with Crippen LogP contribution in [0, 0.1) is 11.8 Å². The predicted molar refractivity (Wildman–Crippen MR) is 139 cm³/mol. The Morgan fingerprint density at radius 2 is 1.61 bits per heavy atom. The molecule has 0 aromatic carbocycles. The molecule has 1 N–H and O–H groups in total. The van der Waals surface area contributed by atoms with E-state index in [0.717, 1.165) is 32.2 Å². The van der Waals surface area contributed by atoms with Crippen LogP contribution in [0.5, 0.6) is 0 Å². The lowest BCUT2D eigenvalue weighted by molar-refractivity contribution is -0.149. The molecule has 4 atom stereocenters. The molecule has 0 spiro atoms. The first-order valence-electron chi connectivity index (χ1n) is 13.2. The van der Waals surface area contributed by atoms with Gasteiger partial charge in [-0.2, -0.15) is 0 Å². The molecular formula is C27H46N4O5. The standard InChI is InChI=1S/C27H46N4O5/c1-17(2)22(16-19(5)25(33)31-15-11-13-21(31)27(35)36-8)30(7)26(34)23(18(3)4)28-24(32)20-12-9-10-14-29(20)6/h16-18,20-23H,9-15H2,1-8H3,(H,28,32)/b19-16+/t20?,21-,22+,23?/m0/s1. The Labute approximate surface area is 216 Å². The van der Waals surface area contributed by atoms with Gasteiger partial charge in [0.25, 0.3) is 0 Å². The summed E-state index contributed by atoms with van der Waals surface area (Å²) in [7, 11) is 5.01. The number of piperidine rings is 1. The smallest absolute Gasteiger partial charge is 0.328 e. The summed E-state index contributed by atoms with van der Waals surface area (Å²) in [4.78, 5) is 57.3. The Bertz CT molecular complexity index is 840.